The second kappa shape index (κ2) is 3.82. The van der Waals surface area contributed by atoms with Gasteiger partial charge in [-0.15, -0.1) is 0 Å². The summed E-state index contributed by atoms with van der Waals surface area (Å²) in [6, 6.07) is 0.552. The molecule has 1 aliphatic rings. The molecule has 1 aromatic heterocycles. The Labute approximate surface area is 88.3 Å². The summed E-state index contributed by atoms with van der Waals surface area (Å²) in [4.78, 5) is 6.73. The van der Waals surface area contributed by atoms with Gasteiger partial charge in [0.1, 0.15) is 5.82 Å². The molecule has 4 nitrogen and oxygen atoms in total. The summed E-state index contributed by atoms with van der Waals surface area (Å²) in [5.41, 5.74) is 5.68. The maximum atomic E-state index is 5.68. The first-order valence-corrected chi connectivity index (χ1v) is 5.75. The SMILES string of the molecule is Cc1nsc(N2CC(CN)CC2C)n1. The van der Waals surface area contributed by atoms with E-state index >= 15 is 0 Å². The van der Waals surface area contributed by atoms with Crippen molar-refractivity contribution in [3.8, 4) is 0 Å². The van der Waals surface area contributed by atoms with Crippen LogP contribution in [0.3, 0.4) is 0 Å². The molecule has 78 valence electrons. The second-order valence-electron chi connectivity index (χ2n) is 3.96. The smallest absolute Gasteiger partial charge is 0.205 e. The van der Waals surface area contributed by atoms with Gasteiger partial charge in [0.2, 0.25) is 5.13 Å². The largest absolute Gasteiger partial charge is 0.344 e. The molecule has 0 aliphatic carbocycles. The van der Waals surface area contributed by atoms with Crippen molar-refractivity contribution in [3.05, 3.63) is 5.82 Å². The van der Waals surface area contributed by atoms with Crippen LogP contribution in [0.25, 0.3) is 0 Å². The minimum atomic E-state index is 0.552. The number of aromatic nitrogens is 2. The molecule has 1 saturated heterocycles. The number of anilines is 1. The van der Waals surface area contributed by atoms with Crippen molar-refractivity contribution < 1.29 is 0 Å². The van der Waals surface area contributed by atoms with Gasteiger partial charge in [0.25, 0.3) is 0 Å². The molecule has 0 aromatic carbocycles. The molecule has 2 atom stereocenters. The normalized spacial score (nSPS) is 27.2. The van der Waals surface area contributed by atoms with Gasteiger partial charge in [0, 0.05) is 24.1 Å². The third-order valence-corrected chi connectivity index (χ3v) is 3.60. The lowest BCUT2D eigenvalue weighted by Gasteiger charge is -2.19. The van der Waals surface area contributed by atoms with Gasteiger partial charge in [0.05, 0.1) is 0 Å². The Morgan fingerprint density at radius 1 is 1.64 bits per heavy atom. The summed E-state index contributed by atoms with van der Waals surface area (Å²) < 4.78 is 4.20. The topological polar surface area (TPSA) is 55.0 Å². The van der Waals surface area contributed by atoms with E-state index in [0.717, 1.165) is 24.0 Å². The van der Waals surface area contributed by atoms with Crippen molar-refractivity contribution in [3.63, 3.8) is 0 Å². The van der Waals surface area contributed by atoms with Crippen molar-refractivity contribution in [2.24, 2.45) is 11.7 Å². The minimum Gasteiger partial charge on any atom is -0.344 e. The molecule has 1 fully saturated rings. The molecule has 5 heteroatoms. The Balaban J connectivity index is 2.12. The van der Waals surface area contributed by atoms with E-state index in [1.807, 2.05) is 6.92 Å². The maximum absolute atomic E-state index is 5.68. The maximum Gasteiger partial charge on any atom is 0.205 e. The van der Waals surface area contributed by atoms with E-state index in [4.69, 9.17) is 5.73 Å². The molecular formula is C9H16N4S. The first-order valence-electron chi connectivity index (χ1n) is 4.97. The zero-order valence-electron chi connectivity index (χ0n) is 8.60. The number of aryl methyl sites for hydroxylation is 1. The molecule has 0 amide bonds. The molecule has 1 aliphatic heterocycles. The van der Waals surface area contributed by atoms with Gasteiger partial charge < -0.3 is 10.6 Å². The van der Waals surface area contributed by atoms with Gasteiger partial charge in [-0.1, -0.05) is 0 Å². The summed E-state index contributed by atoms with van der Waals surface area (Å²) >= 11 is 1.49. The Kier molecular flexibility index (Phi) is 2.69. The molecule has 2 rings (SSSR count). The summed E-state index contributed by atoms with van der Waals surface area (Å²) in [5.74, 6) is 1.49. The zero-order valence-corrected chi connectivity index (χ0v) is 9.42. The van der Waals surface area contributed by atoms with E-state index in [9.17, 15) is 0 Å². The molecule has 0 bridgehead atoms. The van der Waals surface area contributed by atoms with E-state index in [-0.39, 0.29) is 0 Å². The van der Waals surface area contributed by atoms with Crippen molar-refractivity contribution in [1.29, 1.82) is 0 Å². The van der Waals surface area contributed by atoms with Crippen molar-refractivity contribution in [2.45, 2.75) is 26.3 Å². The van der Waals surface area contributed by atoms with Crippen LogP contribution in [-0.2, 0) is 0 Å². The van der Waals surface area contributed by atoms with Gasteiger partial charge in [0.15, 0.2) is 0 Å². The van der Waals surface area contributed by atoms with Gasteiger partial charge >= 0.3 is 0 Å². The lowest BCUT2D eigenvalue weighted by molar-refractivity contribution is 0.579. The van der Waals surface area contributed by atoms with Crippen LogP contribution in [0.1, 0.15) is 19.2 Å². The predicted octanol–water partition coefficient (Wildman–Crippen LogP) is 1.02. The molecular weight excluding hydrogens is 196 g/mol. The van der Waals surface area contributed by atoms with Gasteiger partial charge in [-0.05, 0) is 32.7 Å². The van der Waals surface area contributed by atoms with Crippen LogP contribution in [-0.4, -0.2) is 28.5 Å². The van der Waals surface area contributed by atoms with Crippen LogP contribution < -0.4 is 10.6 Å². The summed E-state index contributed by atoms with van der Waals surface area (Å²) in [5, 5.41) is 1.05. The van der Waals surface area contributed by atoms with E-state index in [2.05, 4.69) is 21.2 Å². The minimum absolute atomic E-state index is 0.552. The first-order chi connectivity index (χ1) is 6.70. The van der Waals surface area contributed by atoms with Crippen LogP contribution in [0.15, 0.2) is 0 Å². The highest BCUT2D eigenvalue weighted by molar-refractivity contribution is 7.09. The van der Waals surface area contributed by atoms with E-state index in [0.29, 0.717) is 12.0 Å². The summed E-state index contributed by atoms with van der Waals surface area (Å²) in [6.07, 6.45) is 1.18. The fourth-order valence-corrected chi connectivity index (χ4v) is 2.77. The lowest BCUT2D eigenvalue weighted by atomic mass is 10.1. The van der Waals surface area contributed by atoms with E-state index in [1.165, 1.54) is 18.0 Å². The fourth-order valence-electron chi connectivity index (χ4n) is 1.98. The van der Waals surface area contributed by atoms with E-state index in [1.54, 1.807) is 0 Å². The van der Waals surface area contributed by atoms with E-state index < -0.39 is 0 Å². The molecule has 2 heterocycles. The highest BCUT2D eigenvalue weighted by Gasteiger charge is 2.29. The number of hydrogen-bond acceptors (Lipinski definition) is 5. The molecule has 2 unspecified atom stereocenters. The van der Waals surface area contributed by atoms with Crippen molar-refractivity contribution in [1.82, 2.24) is 9.36 Å². The number of nitrogens with zero attached hydrogens (tertiary/aromatic N) is 3. The quantitative estimate of drug-likeness (QED) is 0.795. The zero-order chi connectivity index (χ0) is 10.1. The van der Waals surface area contributed by atoms with Crippen LogP contribution in [0, 0.1) is 12.8 Å². The Morgan fingerprint density at radius 3 is 2.93 bits per heavy atom. The van der Waals surface area contributed by atoms with Gasteiger partial charge in [-0.25, -0.2) is 4.98 Å². The standard InChI is InChI=1S/C9H16N4S/c1-6-3-8(4-10)5-13(6)9-11-7(2)12-14-9/h6,8H,3-5,10H2,1-2H3. The van der Waals surface area contributed by atoms with Gasteiger partial charge in [-0.2, -0.15) is 4.37 Å². The number of nitrogens with two attached hydrogens (primary N) is 1. The molecule has 1 aromatic rings. The third-order valence-electron chi connectivity index (χ3n) is 2.76. The molecule has 2 N–H and O–H groups in total. The molecule has 0 spiro atoms. The Bertz CT molecular complexity index is 312. The van der Waals surface area contributed by atoms with Crippen LogP contribution in [0.4, 0.5) is 5.13 Å². The van der Waals surface area contributed by atoms with Gasteiger partial charge in [-0.3, -0.25) is 0 Å². The van der Waals surface area contributed by atoms with Crippen molar-refractivity contribution >= 4 is 16.7 Å². The predicted molar refractivity (Wildman–Crippen MR) is 58.6 cm³/mol. The summed E-state index contributed by atoms with van der Waals surface area (Å²) in [7, 11) is 0. The lowest BCUT2D eigenvalue weighted by Crippen LogP contribution is -2.27. The van der Waals surface area contributed by atoms with Crippen LogP contribution in [0.2, 0.25) is 0 Å². The van der Waals surface area contributed by atoms with Crippen LogP contribution in [0.5, 0.6) is 0 Å². The third kappa shape index (κ3) is 1.74. The fraction of sp³-hybridized carbons (Fsp3) is 0.778. The Morgan fingerprint density at radius 2 is 2.43 bits per heavy atom. The average Bonchev–Trinajstić information content (AvgIpc) is 2.71. The van der Waals surface area contributed by atoms with Crippen molar-refractivity contribution in [2.75, 3.05) is 18.0 Å². The molecule has 14 heavy (non-hydrogen) atoms. The summed E-state index contributed by atoms with van der Waals surface area (Å²) in [6.45, 7) is 5.97. The molecule has 0 radical (unpaired) electrons. The Hall–Kier alpha value is -0.680. The second-order valence-corrected chi connectivity index (χ2v) is 4.69. The highest BCUT2D eigenvalue weighted by Crippen LogP contribution is 2.29. The number of rotatable bonds is 2. The number of hydrogen-bond donors (Lipinski definition) is 1. The highest BCUT2D eigenvalue weighted by atomic mass is 32.1. The van der Waals surface area contributed by atoms with Crippen LogP contribution >= 0.6 is 11.5 Å². The molecule has 0 saturated carbocycles. The first kappa shape index (κ1) is 9.86. The average molecular weight is 212 g/mol. The monoisotopic (exact) mass is 212 g/mol.